The highest BCUT2D eigenvalue weighted by molar-refractivity contribution is 6.76. The topological polar surface area (TPSA) is 88.2 Å². The molecule has 2 aliphatic rings. The Morgan fingerprint density at radius 1 is 0.657 bits per heavy atom. The van der Waals surface area contributed by atoms with Crippen LogP contribution in [-0.4, -0.2) is 62.2 Å². The minimum absolute atomic E-state index is 0.156. The summed E-state index contributed by atoms with van der Waals surface area (Å²) in [6, 6.07) is 11.5. The Hall–Kier alpha value is -1.90. The van der Waals surface area contributed by atoms with Gasteiger partial charge in [-0.2, -0.15) is 0 Å². The maximum Gasteiger partial charge on any atom is 0.541 e. The van der Waals surface area contributed by atoms with Gasteiger partial charge in [0, 0.05) is 61.6 Å². The standard InChI is InChI=1S/C25H37NO7Si2/c1-7-28-34(29-8-2,30-9-3)20-13-14-22-19(17-20)18-21-23(26-22)15-16-24(25(21)27)35(31-10-4,32-11-5)33-12-6/h13-18,26H,7-12H2,1-6H3. The van der Waals surface area contributed by atoms with Crippen LogP contribution in [0.4, 0.5) is 0 Å². The molecule has 10 heteroatoms. The third-order valence-electron chi connectivity index (χ3n) is 5.51. The fourth-order valence-corrected chi connectivity index (χ4v) is 9.32. The summed E-state index contributed by atoms with van der Waals surface area (Å²) < 4.78 is 36.2. The zero-order valence-electron chi connectivity index (χ0n) is 21.6. The monoisotopic (exact) mass is 519 g/mol. The first-order chi connectivity index (χ1) is 16.9. The average Bonchev–Trinajstić information content (AvgIpc) is 2.84. The molecule has 1 aromatic carbocycles. The maximum atomic E-state index is 13.7. The maximum absolute atomic E-state index is 13.7. The molecule has 0 amide bonds. The molecule has 1 N–H and O–H groups in total. The number of hydrogen-bond acceptors (Lipinski definition) is 7. The van der Waals surface area contributed by atoms with E-state index in [-0.39, 0.29) is 5.43 Å². The summed E-state index contributed by atoms with van der Waals surface area (Å²) in [6.07, 6.45) is 0. The molecule has 3 rings (SSSR count). The van der Waals surface area contributed by atoms with Crippen molar-refractivity contribution >= 4 is 38.9 Å². The van der Waals surface area contributed by atoms with Crippen molar-refractivity contribution in [2.24, 2.45) is 0 Å². The Morgan fingerprint density at radius 2 is 1.17 bits per heavy atom. The summed E-state index contributed by atoms with van der Waals surface area (Å²) >= 11 is 0. The first-order valence-corrected chi connectivity index (χ1v) is 15.8. The number of benzene rings is 2. The van der Waals surface area contributed by atoms with Gasteiger partial charge >= 0.3 is 17.6 Å². The number of pyridine rings is 1. The zero-order chi connectivity index (χ0) is 25.5. The van der Waals surface area contributed by atoms with Gasteiger partial charge in [0.15, 0.2) is 5.43 Å². The van der Waals surface area contributed by atoms with Gasteiger partial charge in [0.05, 0.1) is 5.19 Å². The zero-order valence-corrected chi connectivity index (χ0v) is 23.6. The van der Waals surface area contributed by atoms with E-state index in [1.54, 1.807) is 6.07 Å². The van der Waals surface area contributed by atoms with E-state index in [1.165, 1.54) is 0 Å². The molecule has 0 saturated carbocycles. The normalized spacial score (nSPS) is 12.6. The van der Waals surface area contributed by atoms with Crippen molar-refractivity contribution in [1.29, 1.82) is 0 Å². The van der Waals surface area contributed by atoms with Gasteiger partial charge in [-0.25, -0.2) is 0 Å². The molecule has 0 bridgehead atoms. The van der Waals surface area contributed by atoms with Crippen molar-refractivity contribution in [3.63, 3.8) is 0 Å². The van der Waals surface area contributed by atoms with E-state index in [0.717, 1.165) is 21.8 Å². The third kappa shape index (κ3) is 5.60. The van der Waals surface area contributed by atoms with Crippen LogP contribution in [0.3, 0.4) is 0 Å². The van der Waals surface area contributed by atoms with Crippen LogP contribution in [-0.2, 0) is 26.6 Å². The molecule has 0 saturated heterocycles. The predicted octanol–water partition coefficient (Wildman–Crippen LogP) is 3.14. The lowest BCUT2D eigenvalue weighted by Crippen LogP contribution is -2.62. The number of aromatic nitrogens is 1. The van der Waals surface area contributed by atoms with Crippen molar-refractivity contribution in [1.82, 2.24) is 4.98 Å². The minimum Gasteiger partial charge on any atom is -0.370 e. The van der Waals surface area contributed by atoms with E-state index in [9.17, 15) is 4.79 Å². The number of aromatic amines is 1. The Bertz CT molecular complexity index is 1100. The first kappa shape index (κ1) is 27.7. The number of H-pyrrole nitrogens is 1. The summed E-state index contributed by atoms with van der Waals surface area (Å²) in [7, 11) is -6.44. The number of nitrogens with one attached hydrogen (secondary N) is 1. The largest absolute Gasteiger partial charge is 0.541 e. The molecule has 8 nitrogen and oxygen atoms in total. The Labute approximate surface area is 209 Å². The van der Waals surface area contributed by atoms with E-state index in [1.807, 2.05) is 71.9 Å². The molecule has 35 heavy (non-hydrogen) atoms. The number of rotatable bonds is 14. The first-order valence-electron chi connectivity index (χ1n) is 12.4. The summed E-state index contributed by atoms with van der Waals surface area (Å²) in [5.74, 6) is 0. The van der Waals surface area contributed by atoms with E-state index in [4.69, 9.17) is 26.6 Å². The predicted molar refractivity (Wildman–Crippen MR) is 142 cm³/mol. The van der Waals surface area contributed by atoms with Gasteiger partial charge in [0.25, 0.3) is 0 Å². The molecule has 0 spiro atoms. The molecular formula is C25H37NO7Si2. The highest BCUT2D eigenvalue weighted by Gasteiger charge is 2.46. The van der Waals surface area contributed by atoms with Gasteiger partial charge in [-0.15, -0.1) is 0 Å². The van der Waals surface area contributed by atoms with E-state index >= 15 is 0 Å². The summed E-state index contributed by atoms with van der Waals surface area (Å²) in [4.78, 5) is 17.1. The molecule has 1 aliphatic carbocycles. The highest BCUT2D eigenvalue weighted by Crippen LogP contribution is 2.23. The Kier molecular flexibility index (Phi) is 9.79. The van der Waals surface area contributed by atoms with Crippen LogP contribution >= 0.6 is 0 Å². The smallest absolute Gasteiger partial charge is 0.370 e. The summed E-state index contributed by atoms with van der Waals surface area (Å²) in [6.45, 7) is 14.0. The molecule has 1 aromatic rings. The Balaban J connectivity index is 2.22. The van der Waals surface area contributed by atoms with E-state index in [2.05, 4.69) is 4.98 Å². The van der Waals surface area contributed by atoms with Crippen molar-refractivity contribution < 1.29 is 26.6 Å². The van der Waals surface area contributed by atoms with E-state index in [0.29, 0.717) is 50.4 Å². The molecule has 0 fully saturated rings. The molecule has 0 atom stereocenters. The number of fused-ring (bicyclic) bond motifs is 2. The second kappa shape index (κ2) is 12.4. The van der Waals surface area contributed by atoms with Gasteiger partial charge in [-0.3, -0.25) is 4.79 Å². The molecule has 0 radical (unpaired) electrons. The van der Waals surface area contributed by atoms with Gasteiger partial charge in [0.1, 0.15) is 0 Å². The summed E-state index contributed by atoms with van der Waals surface area (Å²) in [5, 5.41) is 2.16. The lowest BCUT2D eigenvalue weighted by atomic mass is 10.1. The molecule has 1 heterocycles. The highest BCUT2D eigenvalue weighted by atomic mass is 28.4. The molecule has 0 unspecified atom stereocenters. The number of hydrogen-bond donors (Lipinski definition) is 1. The molecule has 1 aliphatic heterocycles. The lowest BCUT2D eigenvalue weighted by Gasteiger charge is -2.29. The van der Waals surface area contributed by atoms with Crippen LogP contribution in [0.1, 0.15) is 41.5 Å². The third-order valence-corrected chi connectivity index (χ3v) is 11.6. The quantitative estimate of drug-likeness (QED) is 0.259. The second-order valence-electron chi connectivity index (χ2n) is 7.69. The second-order valence-corrected chi connectivity index (χ2v) is 12.8. The van der Waals surface area contributed by atoms with Crippen LogP contribution in [0.2, 0.25) is 0 Å². The Morgan fingerprint density at radius 3 is 1.69 bits per heavy atom. The van der Waals surface area contributed by atoms with Crippen molar-refractivity contribution in [3.8, 4) is 11.3 Å². The fourth-order valence-electron chi connectivity index (χ4n) is 4.25. The average molecular weight is 520 g/mol. The van der Waals surface area contributed by atoms with Gasteiger partial charge in [-0.1, -0.05) is 6.07 Å². The van der Waals surface area contributed by atoms with Crippen molar-refractivity contribution in [3.05, 3.63) is 46.6 Å². The fraction of sp³-hybridized carbons (Fsp3) is 0.480. The molecule has 0 aromatic heterocycles. The SMILES string of the molecule is CCO[Si](OCC)(OCC)c1ccc2[nH]c3ccc([Si](OCC)(OCC)OCC)c(=O)c-3cc2c1. The van der Waals surface area contributed by atoms with Crippen LogP contribution in [0.25, 0.3) is 22.2 Å². The minimum atomic E-state index is -3.35. The summed E-state index contributed by atoms with van der Waals surface area (Å²) in [5.41, 5.74) is 2.01. The van der Waals surface area contributed by atoms with Gasteiger partial charge < -0.3 is 31.5 Å². The lowest BCUT2D eigenvalue weighted by molar-refractivity contribution is 0.0851. The van der Waals surface area contributed by atoms with Gasteiger partial charge in [-0.05, 0) is 77.3 Å². The molecular weight excluding hydrogens is 482 g/mol. The van der Waals surface area contributed by atoms with Crippen LogP contribution < -0.4 is 15.8 Å². The van der Waals surface area contributed by atoms with Gasteiger partial charge in [0.2, 0.25) is 0 Å². The van der Waals surface area contributed by atoms with Crippen LogP contribution in [0.5, 0.6) is 0 Å². The van der Waals surface area contributed by atoms with Crippen molar-refractivity contribution in [2.75, 3.05) is 39.6 Å². The van der Waals surface area contributed by atoms with Crippen molar-refractivity contribution in [2.45, 2.75) is 41.5 Å². The van der Waals surface area contributed by atoms with E-state index < -0.39 is 17.6 Å². The van der Waals surface area contributed by atoms with Crippen LogP contribution in [0.15, 0.2) is 41.2 Å². The van der Waals surface area contributed by atoms with Crippen LogP contribution in [0, 0.1) is 0 Å². The molecule has 192 valence electrons.